The van der Waals surface area contributed by atoms with Gasteiger partial charge in [0.15, 0.2) is 0 Å². The Morgan fingerprint density at radius 3 is 2.50 bits per heavy atom. The zero-order valence-corrected chi connectivity index (χ0v) is 13.4. The molecule has 0 aliphatic rings. The van der Waals surface area contributed by atoms with Crippen LogP contribution in [0.1, 0.15) is 37.3 Å². The highest BCUT2D eigenvalue weighted by molar-refractivity contribution is 7.89. The Kier molecular flexibility index (Phi) is 6.34. The summed E-state index contributed by atoms with van der Waals surface area (Å²) in [6, 6.07) is 1.64. The Morgan fingerprint density at radius 2 is 2.04 bits per heavy atom. The third-order valence-corrected chi connectivity index (χ3v) is 4.64. The van der Waals surface area contributed by atoms with Crippen LogP contribution in [-0.2, 0) is 21.0 Å². The van der Waals surface area contributed by atoms with Gasteiger partial charge in [0.1, 0.15) is 6.04 Å². The van der Waals surface area contributed by atoms with Gasteiger partial charge in [0.2, 0.25) is 10.0 Å². The molecule has 0 spiro atoms. The molecule has 6 nitrogen and oxygen atoms in total. The second-order valence-electron chi connectivity index (χ2n) is 4.97. The first-order chi connectivity index (χ1) is 11.0. The van der Waals surface area contributed by atoms with E-state index >= 15 is 0 Å². The number of nitrogens with zero attached hydrogens (tertiary/aromatic N) is 1. The molecule has 0 unspecified atom stereocenters. The van der Waals surface area contributed by atoms with Gasteiger partial charge in [0.05, 0.1) is 22.1 Å². The molecule has 0 amide bonds. The van der Waals surface area contributed by atoms with Crippen molar-refractivity contribution in [1.82, 2.24) is 4.72 Å². The summed E-state index contributed by atoms with van der Waals surface area (Å²) in [5.74, 6) is -1.39. The molecule has 0 aliphatic heterocycles. The van der Waals surface area contributed by atoms with Crippen molar-refractivity contribution in [3.8, 4) is 6.07 Å². The quantitative estimate of drug-likeness (QED) is 0.773. The summed E-state index contributed by atoms with van der Waals surface area (Å²) in [5, 5.41) is 17.8. The molecule has 24 heavy (non-hydrogen) atoms. The lowest BCUT2D eigenvalue weighted by Crippen LogP contribution is -2.40. The van der Waals surface area contributed by atoms with Crippen LogP contribution in [0.15, 0.2) is 23.1 Å². The van der Waals surface area contributed by atoms with E-state index in [0.29, 0.717) is 31.0 Å². The van der Waals surface area contributed by atoms with Crippen LogP contribution < -0.4 is 4.72 Å². The highest BCUT2D eigenvalue weighted by atomic mass is 32.2. The maximum Gasteiger partial charge on any atom is 0.417 e. The number of aliphatic carboxylic acids is 1. The van der Waals surface area contributed by atoms with Gasteiger partial charge < -0.3 is 5.11 Å². The second kappa shape index (κ2) is 7.63. The summed E-state index contributed by atoms with van der Waals surface area (Å²) in [6.07, 6.45) is -3.66. The van der Waals surface area contributed by atoms with E-state index < -0.39 is 44.2 Å². The number of nitrogens with one attached hydrogen (secondary N) is 1. The van der Waals surface area contributed by atoms with Gasteiger partial charge in [-0.3, -0.25) is 4.79 Å². The average Bonchev–Trinajstić information content (AvgIpc) is 2.49. The zero-order valence-electron chi connectivity index (χ0n) is 12.6. The number of alkyl halides is 3. The molecule has 0 fully saturated rings. The van der Waals surface area contributed by atoms with E-state index in [-0.39, 0.29) is 6.42 Å². The number of halogens is 3. The molecular weight excluding hydrogens is 349 g/mol. The minimum atomic E-state index is -4.80. The molecular formula is C14H15F3N2O4S. The molecule has 1 aromatic carbocycles. The van der Waals surface area contributed by atoms with E-state index in [0.717, 1.165) is 0 Å². The molecule has 0 saturated heterocycles. The first kappa shape index (κ1) is 19.9. The van der Waals surface area contributed by atoms with Crippen molar-refractivity contribution in [2.24, 2.45) is 0 Å². The van der Waals surface area contributed by atoms with E-state index in [4.69, 9.17) is 10.4 Å². The fraction of sp³-hybridized carbons (Fsp3) is 0.429. The Balaban J connectivity index is 3.19. The number of benzene rings is 1. The minimum absolute atomic E-state index is 0.0385. The van der Waals surface area contributed by atoms with Crippen LogP contribution in [0, 0.1) is 11.3 Å². The molecule has 0 aliphatic carbocycles. The summed E-state index contributed by atoms with van der Waals surface area (Å²) in [4.78, 5) is 10.5. The molecule has 132 valence electrons. The standard InChI is InChI=1S/C14H15F3N2O4S/c1-2-3-4-12(13(20)21)19-24(22,23)10-5-6-11(14(15,16)17)9(7-10)8-18/h5-7,12,19H,2-4H2,1H3,(H,20,21)/t12-/m0/s1. The van der Waals surface area contributed by atoms with Gasteiger partial charge in [-0.05, 0) is 24.6 Å². The van der Waals surface area contributed by atoms with Crippen LogP contribution in [0.2, 0.25) is 0 Å². The van der Waals surface area contributed by atoms with Gasteiger partial charge in [0, 0.05) is 0 Å². The number of nitriles is 1. The second-order valence-corrected chi connectivity index (χ2v) is 6.69. The van der Waals surface area contributed by atoms with Crippen molar-refractivity contribution in [3.63, 3.8) is 0 Å². The van der Waals surface area contributed by atoms with Crippen molar-refractivity contribution in [2.75, 3.05) is 0 Å². The SMILES string of the molecule is CCCC[C@H](NS(=O)(=O)c1ccc(C(F)(F)F)c(C#N)c1)C(=O)O. The number of carboxylic acid groups (broad SMARTS) is 1. The lowest BCUT2D eigenvalue weighted by molar-refractivity contribution is -0.139. The van der Waals surface area contributed by atoms with Gasteiger partial charge in [0.25, 0.3) is 0 Å². The zero-order chi connectivity index (χ0) is 18.5. The monoisotopic (exact) mass is 364 g/mol. The van der Waals surface area contributed by atoms with Crippen molar-refractivity contribution in [1.29, 1.82) is 5.26 Å². The molecule has 1 aromatic rings. The molecule has 2 N–H and O–H groups in total. The Labute approximate surface area is 137 Å². The summed E-state index contributed by atoms with van der Waals surface area (Å²) >= 11 is 0. The maximum absolute atomic E-state index is 12.7. The molecule has 0 radical (unpaired) electrons. The van der Waals surface area contributed by atoms with Gasteiger partial charge >= 0.3 is 12.1 Å². The van der Waals surface area contributed by atoms with E-state index in [1.807, 2.05) is 4.72 Å². The fourth-order valence-corrected chi connectivity index (χ4v) is 3.18. The topological polar surface area (TPSA) is 107 Å². The molecule has 10 heteroatoms. The summed E-state index contributed by atoms with van der Waals surface area (Å²) in [7, 11) is -4.38. The maximum atomic E-state index is 12.7. The Morgan fingerprint density at radius 1 is 1.42 bits per heavy atom. The van der Waals surface area contributed by atoms with E-state index in [1.54, 1.807) is 6.92 Å². The minimum Gasteiger partial charge on any atom is -0.480 e. The van der Waals surface area contributed by atoms with Crippen molar-refractivity contribution in [2.45, 2.75) is 43.3 Å². The first-order valence-electron chi connectivity index (χ1n) is 6.89. The Hall–Kier alpha value is -2.12. The number of hydrogen-bond donors (Lipinski definition) is 2. The van der Waals surface area contributed by atoms with E-state index in [1.165, 1.54) is 6.07 Å². The van der Waals surface area contributed by atoms with Crippen LogP contribution in [0.4, 0.5) is 13.2 Å². The normalized spacial score (nSPS) is 13.3. The van der Waals surface area contributed by atoms with Crippen LogP contribution in [0.5, 0.6) is 0 Å². The lowest BCUT2D eigenvalue weighted by Gasteiger charge is -2.15. The van der Waals surface area contributed by atoms with E-state index in [9.17, 15) is 26.4 Å². The number of hydrogen-bond acceptors (Lipinski definition) is 4. The largest absolute Gasteiger partial charge is 0.480 e. The van der Waals surface area contributed by atoms with Gasteiger partial charge in [-0.1, -0.05) is 19.8 Å². The molecule has 1 atom stereocenters. The highest BCUT2D eigenvalue weighted by Gasteiger charge is 2.34. The van der Waals surface area contributed by atoms with Gasteiger partial charge in [-0.2, -0.15) is 23.2 Å². The van der Waals surface area contributed by atoms with Gasteiger partial charge in [-0.25, -0.2) is 8.42 Å². The van der Waals surface area contributed by atoms with Crippen LogP contribution in [0.25, 0.3) is 0 Å². The number of unbranched alkanes of at least 4 members (excludes halogenated alkanes) is 1. The number of rotatable bonds is 7. The number of carbonyl (C=O) groups is 1. The van der Waals surface area contributed by atoms with Crippen molar-refractivity contribution >= 4 is 16.0 Å². The first-order valence-corrected chi connectivity index (χ1v) is 8.37. The predicted octanol–water partition coefficient (Wildman–Crippen LogP) is 2.50. The molecule has 0 aromatic heterocycles. The molecule has 1 rings (SSSR count). The lowest BCUT2D eigenvalue weighted by atomic mass is 10.1. The summed E-state index contributed by atoms with van der Waals surface area (Å²) in [6.45, 7) is 1.79. The van der Waals surface area contributed by atoms with Crippen LogP contribution in [-0.4, -0.2) is 25.5 Å². The smallest absolute Gasteiger partial charge is 0.417 e. The Bertz CT molecular complexity index is 754. The number of carboxylic acids is 1. The summed E-state index contributed by atoms with van der Waals surface area (Å²) < 4.78 is 64.5. The third-order valence-electron chi connectivity index (χ3n) is 3.17. The molecule has 0 heterocycles. The third kappa shape index (κ3) is 4.94. The summed E-state index contributed by atoms with van der Waals surface area (Å²) in [5.41, 5.74) is -2.12. The number of sulfonamides is 1. The molecule has 0 bridgehead atoms. The predicted molar refractivity (Wildman–Crippen MR) is 77.4 cm³/mol. The average molecular weight is 364 g/mol. The van der Waals surface area contributed by atoms with Crippen LogP contribution >= 0.6 is 0 Å². The van der Waals surface area contributed by atoms with Gasteiger partial charge in [-0.15, -0.1) is 0 Å². The fourth-order valence-electron chi connectivity index (χ4n) is 1.93. The highest BCUT2D eigenvalue weighted by Crippen LogP contribution is 2.32. The van der Waals surface area contributed by atoms with Crippen LogP contribution in [0.3, 0.4) is 0 Å². The van der Waals surface area contributed by atoms with E-state index in [2.05, 4.69) is 0 Å². The van der Waals surface area contributed by atoms with Crippen molar-refractivity contribution in [3.05, 3.63) is 29.3 Å². The van der Waals surface area contributed by atoms with Crippen molar-refractivity contribution < 1.29 is 31.5 Å². The molecule has 0 saturated carbocycles.